The molecule has 7 nitrogen and oxygen atoms in total. The molecule has 41 heavy (non-hydrogen) atoms. The van der Waals surface area contributed by atoms with Gasteiger partial charge in [-0.25, -0.2) is 9.59 Å². The van der Waals surface area contributed by atoms with E-state index in [1.165, 1.54) is 0 Å². The van der Waals surface area contributed by atoms with Crippen molar-refractivity contribution in [2.45, 2.75) is 17.4 Å². The Labute approximate surface area is 238 Å². The van der Waals surface area contributed by atoms with Gasteiger partial charge in [0, 0.05) is 31.5 Å². The third-order valence-electron chi connectivity index (χ3n) is 8.06. The Balaban J connectivity index is 1.20. The zero-order valence-electron chi connectivity index (χ0n) is 22.6. The maximum Gasteiger partial charge on any atom is 0.351 e. The van der Waals surface area contributed by atoms with Crippen molar-refractivity contribution < 1.29 is 24.2 Å². The maximum atomic E-state index is 13.4. The molecule has 0 spiro atoms. The number of esters is 2. The van der Waals surface area contributed by atoms with E-state index in [9.17, 15) is 14.7 Å². The van der Waals surface area contributed by atoms with Gasteiger partial charge in [-0.05, 0) is 44.5 Å². The molecule has 4 aromatic rings. The highest BCUT2D eigenvalue weighted by Crippen LogP contribution is 2.46. The number of nitrogens with one attached hydrogen (secondary N) is 1. The minimum absolute atomic E-state index is 0.0251. The predicted octanol–water partition coefficient (Wildman–Crippen LogP) is 3.98. The number of hydrogen-bond donors (Lipinski definition) is 3. The number of benzene rings is 4. The fraction of sp³-hybridized carbons (Fsp3) is 0.235. The number of carbonyl (C=O) groups excluding carboxylic acids is 2. The fourth-order valence-corrected chi connectivity index (χ4v) is 6.03. The first-order valence-electron chi connectivity index (χ1n) is 13.9. The van der Waals surface area contributed by atoms with Gasteiger partial charge < -0.3 is 25.6 Å². The van der Waals surface area contributed by atoms with E-state index in [0.29, 0.717) is 6.54 Å². The highest BCUT2D eigenvalue weighted by molar-refractivity contribution is 6.03. The van der Waals surface area contributed by atoms with Gasteiger partial charge >= 0.3 is 11.9 Å². The fourth-order valence-electron chi connectivity index (χ4n) is 6.03. The van der Waals surface area contributed by atoms with Crippen LogP contribution in [0.4, 0.5) is 0 Å². The standard InChI is InChI=1S/C34H32N2O5/c35-17-18-36-21-34(39,32(37)40-19-30-26-13-5-1-9-22(26)23-10-2-6-14-27(23)30)33(38)41-20-31-28-15-7-3-11-24(28)25-12-4-8-16-29(25)31/h1-16,30-31,36,39H,17-21,35H2. The lowest BCUT2D eigenvalue weighted by atomic mass is 9.97. The molecule has 0 radical (unpaired) electrons. The van der Waals surface area contributed by atoms with E-state index >= 15 is 0 Å². The zero-order chi connectivity index (χ0) is 28.4. The quantitative estimate of drug-likeness (QED) is 0.156. The number of nitrogens with two attached hydrogens (primary N) is 1. The summed E-state index contributed by atoms with van der Waals surface area (Å²) in [5.74, 6) is -2.53. The van der Waals surface area contributed by atoms with E-state index in [1.54, 1.807) is 0 Å². The number of ether oxygens (including phenoxy) is 2. The van der Waals surface area contributed by atoms with E-state index in [1.807, 2.05) is 97.1 Å². The molecule has 0 aliphatic heterocycles. The summed E-state index contributed by atoms with van der Waals surface area (Å²) in [6, 6.07) is 31.9. The monoisotopic (exact) mass is 548 g/mol. The second-order valence-electron chi connectivity index (χ2n) is 10.5. The summed E-state index contributed by atoms with van der Waals surface area (Å²) >= 11 is 0. The van der Waals surface area contributed by atoms with Crippen molar-refractivity contribution in [3.8, 4) is 22.3 Å². The van der Waals surface area contributed by atoms with Crippen molar-refractivity contribution in [3.63, 3.8) is 0 Å². The van der Waals surface area contributed by atoms with E-state index in [0.717, 1.165) is 44.5 Å². The molecule has 0 aromatic heterocycles. The average Bonchev–Trinajstić information content (AvgIpc) is 3.51. The van der Waals surface area contributed by atoms with Crippen LogP contribution in [0.2, 0.25) is 0 Å². The lowest BCUT2D eigenvalue weighted by Crippen LogP contribution is -2.56. The largest absolute Gasteiger partial charge is 0.462 e. The van der Waals surface area contributed by atoms with Crippen LogP contribution in [0.25, 0.3) is 22.3 Å². The van der Waals surface area contributed by atoms with Crippen LogP contribution in [0.5, 0.6) is 0 Å². The molecular weight excluding hydrogens is 516 g/mol. The zero-order valence-corrected chi connectivity index (χ0v) is 22.6. The Morgan fingerprint density at radius 3 is 1.34 bits per heavy atom. The minimum atomic E-state index is -2.54. The van der Waals surface area contributed by atoms with Crippen molar-refractivity contribution >= 4 is 11.9 Å². The van der Waals surface area contributed by atoms with Crippen LogP contribution in [-0.4, -0.2) is 55.5 Å². The van der Waals surface area contributed by atoms with Crippen molar-refractivity contribution in [3.05, 3.63) is 119 Å². The van der Waals surface area contributed by atoms with Gasteiger partial charge in [-0.15, -0.1) is 0 Å². The molecule has 2 aliphatic rings. The third kappa shape index (κ3) is 4.82. The van der Waals surface area contributed by atoms with Gasteiger partial charge in [-0.2, -0.15) is 0 Å². The van der Waals surface area contributed by atoms with Crippen LogP contribution in [0.15, 0.2) is 97.1 Å². The molecule has 0 saturated carbocycles. The molecule has 0 amide bonds. The summed E-state index contributed by atoms with van der Waals surface area (Å²) in [7, 11) is 0. The average molecular weight is 549 g/mol. The Bertz CT molecular complexity index is 1400. The van der Waals surface area contributed by atoms with E-state index < -0.39 is 17.5 Å². The topological polar surface area (TPSA) is 111 Å². The molecule has 4 N–H and O–H groups in total. The minimum Gasteiger partial charge on any atom is -0.462 e. The number of hydrogen-bond acceptors (Lipinski definition) is 7. The van der Waals surface area contributed by atoms with Crippen molar-refractivity contribution in [1.29, 1.82) is 0 Å². The maximum absolute atomic E-state index is 13.4. The Morgan fingerprint density at radius 2 is 1.00 bits per heavy atom. The first-order chi connectivity index (χ1) is 20.0. The van der Waals surface area contributed by atoms with Crippen LogP contribution >= 0.6 is 0 Å². The molecule has 7 heteroatoms. The smallest absolute Gasteiger partial charge is 0.351 e. The lowest BCUT2D eigenvalue weighted by molar-refractivity contribution is -0.183. The molecule has 0 heterocycles. The van der Waals surface area contributed by atoms with Crippen LogP contribution in [-0.2, 0) is 19.1 Å². The normalized spacial score (nSPS) is 13.7. The highest BCUT2D eigenvalue weighted by atomic mass is 16.6. The van der Waals surface area contributed by atoms with Crippen molar-refractivity contribution in [2.24, 2.45) is 5.73 Å². The van der Waals surface area contributed by atoms with Gasteiger partial charge in [-0.3, -0.25) is 0 Å². The van der Waals surface area contributed by atoms with Gasteiger partial charge in [0.05, 0.1) is 0 Å². The van der Waals surface area contributed by atoms with Gasteiger partial charge in [0.2, 0.25) is 0 Å². The number of fused-ring (bicyclic) bond motifs is 6. The molecule has 2 aliphatic carbocycles. The second-order valence-corrected chi connectivity index (χ2v) is 10.5. The summed E-state index contributed by atoms with van der Waals surface area (Å²) < 4.78 is 11.4. The summed E-state index contributed by atoms with van der Waals surface area (Å²) in [5.41, 5.74) is 11.5. The van der Waals surface area contributed by atoms with Crippen LogP contribution in [0.3, 0.4) is 0 Å². The Kier molecular flexibility index (Phi) is 7.41. The summed E-state index contributed by atoms with van der Waals surface area (Å²) in [5, 5.41) is 14.3. The Hall–Kier alpha value is -4.30. The van der Waals surface area contributed by atoms with E-state index in [-0.39, 0.29) is 38.1 Å². The highest BCUT2D eigenvalue weighted by Gasteiger charge is 2.48. The summed E-state index contributed by atoms with van der Waals surface area (Å²) in [6.45, 7) is 0.143. The van der Waals surface area contributed by atoms with Crippen LogP contribution in [0, 0.1) is 0 Å². The SMILES string of the molecule is NCCNCC(O)(C(=O)OCC1c2ccccc2-c2ccccc21)C(=O)OCC1c2ccccc2-c2ccccc21. The van der Waals surface area contributed by atoms with Gasteiger partial charge in [-0.1, -0.05) is 97.1 Å². The number of carbonyl (C=O) groups is 2. The third-order valence-corrected chi connectivity index (χ3v) is 8.06. The molecule has 0 bridgehead atoms. The molecule has 6 rings (SSSR count). The van der Waals surface area contributed by atoms with Crippen LogP contribution < -0.4 is 11.1 Å². The summed E-state index contributed by atoms with van der Waals surface area (Å²) in [6.07, 6.45) is 0. The molecule has 0 fully saturated rings. The Morgan fingerprint density at radius 1 is 0.659 bits per heavy atom. The molecule has 208 valence electrons. The molecule has 0 saturated heterocycles. The van der Waals surface area contributed by atoms with E-state index in [2.05, 4.69) is 5.32 Å². The van der Waals surface area contributed by atoms with Gasteiger partial charge in [0.1, 0.15) is 13.2 Å². The first-order valence-corrected chi connectivity index (χ1v) is 13.9. The number of rotatable bonds is 10. The van der Waals surface area contributed by atoms with Gasteiger partial charge in [0.15, 0.2) is 0 Å². The van der Waals surface area contributed by atoms with E-state index in [4.69, 9.17) is 15.2 Å². The van der Waals surface area contributed by atoms with Crippen LogP contribution in [0.1, 0.15) is 34.1 Å². The van der Waals surface area contributed by atoms with Crippen molar-refractivity contribution in [1.82, 2.24) is 5.32 Å². The molecule has 4 aromatic carbocycles. The molecular formula is C34H32N2O5. The number of aliphatic hydroxyl groups is 1. The summed E-state index contributed by atoms with van der Waals surface area (Å²) in [4.78, 5) is 26.9. The molecule has 0 unspecified atom stereocenters. The van der Waals surface area contributed by atoms with Crippen molar-refractivity contribution in [2.75, 3.05) is 32.8 Å². The van der Waals surface area contributed by atoms with Gasteiger partial charge in [0.25, 0.3) is 5.60 Å². The lowest BCUT2D eigenvalue weighted by Gasteiger charge is -2.26. The first kappa shape index (κ1) is 26.9. The predicted molar refractivity (Wildman–Crippen MR) is 156 cm³/mol. The molecule has 0 atom stereocenters. The second kappa shape index (κ2) is 11.3.